The van der Waals surface area contributed by atoms with Gasteiger partial charge >= 0.3 is 17.8 Å². The molecule has 0 saturated heterocycles. The molecule has 0 spiro atoms. The second kappa shape index (κ2) is 6.92. The number of amides is 1. The van der Waals surface area contributed by atoms with E-state index in [1.807, 2.05) is 4.98 Å². The summed E-state index contributed by atoms with van der Waals surface area (Å²) in [5.74, 6) is -1.33. The van der Waals surface area contributed by atoms with Crippen molar-refractivity contribution in [2.75, 3.05) is 6.61 Å². The Bertz CT molecular complexity index is 589. The average Bonchev–Trinajstić information content (AvgIpc) is 2.34. The summed E-state index contributed by atoms with van der Waals surface area (Å²) in [5.41, 5.74) is -1.34. The highest BCUT2D eigenvalue weighted by atomic mass is 16.5. The second-order valence-corrected chi connectivity index (χ2v) is 3.74. The number of carbonyl (C=O) groups excluding carboxylic acids is 1. The molecule has 9 nitrogen and oxygen atoms in total. The predicted octanol–water partition coefficient (Wildman–Crippen LogP) is -1.03. The molecule has 0 fully saturated rings. The van der Waals surface area contributed by atoms with Gasteiger partial charge in [0.1, 0.15) is 12.6 Å². The van der Waals surface area contributed by atoms with E-state index in [1.165, 1.54) is 6.08 Å². The number of carboxylic acids is 1. The smallest absolute Gasteiger partial charge is 0.408 e. The standard InChI is InChI=1S/C11H13N3O6/c1-2-3-20-11(19)13-7(9(16)17)4-6-5-8(15)14-10(18)12-6/h2,5,7H,1,3-4H2,(H,13,19)(H,16,17)(H2,12,14,15,18). The Morgan fingerprint density at radius 1 is 1.45 bits per heavy atom. The van der Waals surface area contributed by atoms with Crippen molar-refractivity contribution in [2.24, 2.45) is 0 Å². The molecule has 0 radical (unpaired) electrons. The number of ether oxygens (including phenoxy) is 1. The minimum absolute atomic E-state index is 0.0694. The molecule has 0 aliphatic carbocycles. The van der Waals surface area contributed by atoms with Crippen LogP contribution in [-0.4, -0.2) is 39.8 Å². The SMILES string of the molecule is C=CCOC(=O)NC(Cc1cc(=O)[nH]c(=O)[nH]1)C(=O)O. The van der Waals surface area contributed by atoms with Crippen LogP contribution in [0, 0.1) is 0 Å². The first-order chi connectivity index (χ1) is 9.42. The zero-order chi connectivity index (χ0) is 15.1. The van der Waals surface area contributed by atoms with E-state index < -0.39 is 29.4 Å². The number of nitrogens with one attached hydrogen (secondary N) is 3. The van der Waals surface area contributed by atoms with Crippen LogP contribution in [0.15, 0.2) is 28.3 Å². The Kier molecular flexibility index (Phi) is 5.27. The molecule has 0 aliphatic heterocycles. The van der Waals surface area contributed by atoms with Gasteiger partial charge in [0.05, 0.1) is 0 Å². The molecule has 1 heterocycles. The summed E-state index contributed by atoms with van der Waals surface area (Å²) in [6, 6.07) is -0.307. The molecule has 1 rings (SSSR count). The van der Waals surface area contributed by atoms with E-state index in [0.29, 0.717) is 0 Å². The van der Waals surface area contributed by atoms with Crippen molar-refractivity contribution in [1.82, 2.24) is 15.3 Å². The van der Waals surface area contributed by atoms with Gasteiger partial charge in [0.2, 0.25) is 0 Å². The summed E-state index contributed by atoms with van der Waals surface area (Å²) in [7, 11) is 0. The van der Waals surface area contributed by atoms with Gasteiger partial charge in [-0.2, -0.15) is 0 Å². The van der Waals surface area contributed by atoms with Crippen LogP contribution < -0.4 is 16.6 Å². The molecule has 1 unspecified atom stereocenters. The number of aromatic nitrogens is 2. The lowest BCUT2D eigenvalue weighted by Crippen LogP contribution is -2.43. The number of H-pyrrole nitrogens is 2. The summed E-state index contributed by atoms with van der Waals surface area (Å²) in [4.78, 5) is 48.6. The first-order valence-electron chi connectivity index (χ1n) is 5.52. The van der Waals surface area contributed by atoms with Gasteiger partial charge in [0.15, 0.2) is 0 Å². The highest BCUT2D eigenvalue weighted by Crippen LogP contribution is 1.97. The van der Waals surface area contributed by atoms with Crippen molar-refractivity contribution in [1.29, 1.82) is 0 Å². The molecule has 0 aliphatic rings. The first-order valence-corrected chi connectivity index (χ1v) is 5.52. The number of rotatable bonds is 6. The fourth-order valence-corrected chi connectivity index (χ4v) is 1.37. The van der Waals surface area contributed by atoms with Gasteiger partial charge in [-0.25, -0.2) is 14.4 Å². The molecule has 1 atom stereocenters. The van der Waals surface area contributed by atoms with Crippen molar-refractivity contribution < 1.29 is 19.4 Å². The third-order valence-electron chi connectivity index (χ3n) is 2.16. The minimum atomic E-state index is -1.34. The van der Waals surface area contributed by atoms with Crippen molar-refractivity contribution in [2.45, 2.75) is 12.5 Å². The van der Waals surface area contributed by atoms with Gasteiger partial charge in [-0.3, -0.25) is 9.78 Å². The molecular weight excluding hydrogens is 270 g/mol. The predicted molar refractivity (Wildman–Crippen MR) is 67.5 cm³/mol. The summed E-state index contributed by atoms with van der Waals surface area (Å²) >= 11 is 0. The van der Waals surface area contributed by atoms with Gasteiger partial charge in [0.25, 0.3) is 5.56 Å². The molecule has 1 aromatic heterocycles. The topological polar surface area (TPSA) is 141 Å². The normalized spacial score (nSPS) is 11.4. The Balaban J connectivity index is 2.79. The van der Waals surface area contributed by atoms with Crippen LogP contribution in [0.1, 0.15) is 5.69 Å². The van der Waals surface area contributed by atoms with Crippen molar-refractivity contribution in [3.63, 3.8) is 0 Å². The zero-order valence-corrected chi connectivity index (χ0v) is 10.3. The molecule has 1 amide bonds. The van der Waals surface area contributed by atoms with Gasteiger partial charge in [-0.15, -0.1) is 0 Å². The highest BCUT2D eigenvalue weighted by molar-refractivity contribution is 5.80. The molecule has 1 aromatic rings. The maximum absolute atomic E-state index is 11.3. The number of aliphatic carboxylic acids is 1. The highest BCUT2D eigenvalue weighted by Gasteiger charge is 2.21. The molecule has 9 heteroatoms. The van der Waals surface area contributed by atoms with Gasteiger partial charge in [0, 0.05) is 18.2 Å². The van der Waals surface area contributed by atoms with Crippen LogP contribution in [0.3, 0.4) is 0 Å². The monoisotopic (exact) mass is 283 g/mol. The molecule has 0 bridgehead atoms. The van der Waals surface area contributed by atoms with Crippen LogP contribution in [0.4, 0.5) is 4.79 Å². The van der Waals surface area contributed by atoms with E-state index in [4.69, 9.17) is 5.11 Å². The van der Waals surface area contributed by atoms with Crippen LogP contribution in [-0.2, 0) is 16.0 Å². The summed E-state index contributed by atoms with van der Waals surface area (Å²) in [6.07, 6.45) is 0.117. The molecule has 108 valence electrons. The fourth-order valence-electron chi connectivity index (χ4n) is 1.37. The Hall–Kier alpha value is -2.84. The molecule has 0 saturated carbocycles. The van der Waals surface area contributed by atoms with E-state index in [9.17, 15) is 19.2 Å². The van der Waals surface area contributed by atoms with Crippen LogP contribution in [0.25, 0.3) is 0 Å². The van der Waals surface area contributed by atoms with Gasteiger partial charge in [-0.1, -0.05) is 12.7 Å². The number of carboxylic acid groups (broad SMARTS) is 1. The summed E-state index contributed by atoms with van der Waals surface area (Å²) in [5, 5.41) is 11.1. The molecular formula is C11H13N3O6. The number of carbonyl (C=O) groups is 2. The average molecular weight is 283 g/mol. The van der Waals surface area contributed by atoms with E-state index in [1.54, 1.807) is 0 Å². The third-order valence-corrected chi connectivity index (χ3v) is 2.16. The second-order valence-electron chi connectivity index (χ2n) is 3.74. The van der Waals surface area contributed by atoms with E-state index in [0.717, 1.165) is 6.07 Å². The van der Waals surface area contributed by atoms with Gasteiger partial charge in [-0.05, 0) is 0 Å². The number of alkyl carbamates (subject to hydrolysis) is 1. The Morgan fingerprint density at radius 2 is 2.15 bits per heavy atom. The van der Waals surface area contributed by atoms with Crippen LogP contribution >= 0.6 is 0 Å². The molecule has 4 N–H and O–H groups in total. The number of hydrogen-bond donors (Lipinski definition) is 4. The quantitative estimate of drug-likeness (QED) is 0.492. The first kappa shape index (κ1) is 15.2. The van der Waals surface area contributed by atoms with Crippen molar-refractivity contribution >= 4 is 12.1 Å². The third kappa shape index (κ3) is 4.80. The maximum Gasteiger partial charge on any atom is 0.408 e. The Morgan fingerprint density at radius 3 is 2.70 bits per heavy atom. The molecule has 0 aromatic carbocycles. The minimum Gasteiger partial charge on any atom is -0.480 e. The zero-order valence-electron chi connectivity index (χ0n) is 10.3. The maximum atomic E-state index is 11.3. The lowest BCUT2D eigenvalue weighted by atomic mass is 10.1. The lowest BCUT2D eigenvalue weighted by molar-refractivity contribution is -0.139. The van der Waals surface area contributed by atoms with Crippen molar-refractivity contribution in [3.8, 4) is 0 Å². The largest absolute Gasteiger partial charge is 0.480 e. The summed E-state index contributed by atoms with van der Waals surface area (Å²) in [6.45, 7) is 3.27. The Labute approximate surface area is 112 Å². The number of hydrogen-bond acceptors (Lipinski definition) is 5. The fraction of sp³-hybridized carbons (Fsp3) is 0.273. The van der Waals surface area contributed by atoms with E-state index in [-0.39, 0.29) is 18.7 Å². The lowest BCUT2D eigenvalue weighted by Gasteiger charge is -2.13. The number of aromatic amines is 2. The van der Waals surface area contributed by atoms with Crippen LogP contribution in [0.5, 0.6) is 0 Å². The van der Waals surface area contributed by atoms with E-state index in [2.05, 4.69) is 21.6 Å². The molecule has 20 heavy (non-hydrogen) atoms. The van der Waals surface area contributed by atoms with E-state index >= 15 is 0 Å². The van der Waals surface area contributed by atoms with Gasteiger partial charge < -0.3 is 20.1 Å². The summed E-state index contributed by atoms with van der Waals surface area (Å²) < 4.78 is 4.59. The van der Waals surface area contributed by atoms with Crippen LogP contribution in [0.2, 0.25) is 0 Å². The van der Waals surface area contributed by atoms with Crippen molar-refractivity contribution in [3.05, 3.63) is 45.3 Å².